The summed E-state index contributed by atoms with van der Waals surface area (Å²) in [5.41, 5.74) is 0.423. The highest BCUT2D eigenvalue weighted by atomic mass is 35.5. The maximum Gasteiger partial charge on any atom is 0.266 e. The molecule has 8 nitrogen and oxygen atoms in total. The minimum absolute atomic E-state index is 0. The lowest BCUT2D eigenvalue weighted by molar-refractivity contribution is -0.683. The van der Waals surface area contributed by atoms with Crippen LogP contribution < -0.4 is 27.6 Å². The monoisotopic (exact) mass is 470 g/mol. The van der Waals surface area contributed by atoms with Gasteiger partial charge >= 0.3 is 0 Å². The SMILES string of the molecule is O=C(Cn1cc[n+](CC(=O)Nc2cc(Cl)ccc2O)c1)Nc1cc(Cl)ccc1O.[Cl-]. The number of imidazole rings is 1. The zero-order valence-corrected chi connectivity index (χ0v) is 17.6. The second kappa shape index (κ2) is 10.2. The van der Waals surface area contributed by atoms with Crippen LogP contribution in [-0.4, -0.2) is 26.6 Å². The molecule has 0 radical (unpaired) electrons. The summed E-state index contributed by atoms with van der Waals surface area (Å²) >= 11 is 11.7. The van der Waals surface area contributed by atoms with Crippen LogP contribution in [0.2, 0.25) is 10.0 Å². The largest absolute Gasteiger partial charge is 1.00 e. The number of aromatic nitrogens is 2. The topological polar surface area (TPSA) is 107 Å². The summed E-state index contributed by atoms with van der Waals surface area (Å²) in [6.07, 6.45) is 4.83. The Balaban J connectivity index is 0.00000320. The molecule has 1 aromatic heterocycles. The number of hydrogen-bond acceptors (Lipinski definition) is 4. The van der Waals surface area contributed by atoms with E-state index in [1.54, 1.807) is 27.9 Å². The van der Waals surface area contributed by atoms with Gasteiger partial charge in [-0.05, 0) is 36.4 Å². The van der Waals surface area contributed by atoms with Crippen LogP contribution in [0, 0.1) is 0 Å². The maximum atomic E-state index is 12.2. The van der Waals surface area contributed by atoms with Crippen LogP contribution in [0.25, 0.3) is 0 Å². The van der Waals surface area contributed by atoms with Crippen LogP contribution in [0.4, 0.5) is 11.4 Å². The highest BCUT2D eigenvalue weighted by molar-refractivity contribution is 6.31. The van der Waals surface area contributed by atoms with Crippen LogP contribution >= 0.6 is 23.2 Å². The zero-order valence-electron chi connectivity index (χ0n) is 15.3. The molecule has 1 heterocycles. The highest BCUT2D eigenvalue weighted by Crippen LogP contribution is 2.27. The molecule has 3 rings (SSSR count). The van der Waals surface area contributed by atoms with E-state index in [4.69, 9.17) is 23.2 Å². The van der Waals surface area contributed by atoms with Crippen molar-refractivity contribution in [2.45, 2.75) is 13.1 Å². The molecule has 30 heavy (non-hydrogen) atoms. The number of carbonyl (C=O) groups excluding carboxylic acids is 2. The van der Waals surface area contributed by atoms with Gasteiger partial charge in [0.05, 0.1) is 11.4 Å². The van der Waals surface area contributed by atoms with Crippen LogP contribution in [0.15, 0.2) is 55.1 Å². The molecule has 2 amide bonds. The summed E-state index contributed by atoms with van der Waals surface area (Å²) in [6.45, 7) is -0.0642. The molecule has 0 unspecified atom stereocenters. The predicted molar refractivity (Wildman–Crippen MR) is 108 cm³/mol. The van der Waals surface area contributed by atoms with Gasteiger partial charge in [-0.15, -0.1) is 0 Å². The van der Waals surface area contributed by atoms with E-state index in [0.717, 1.165) is 0 Å². The van der Waals surface area contributed by atoms with Crippen LogP contribution in [-0.2, 0) is 22.7 Å². The van der Waals surface area contributed by atoms with Crippen molar-refractivity contribution in [2.24, 2.45) is 0 Å². The van der Waals surface area contributed by atoms with Gasteiger partial charge in [0.25, 0.3) is 11.8 Å². The molecule has 0 atom stereocenters. The quantitative estimate of drug-likeness (QED) is 0.294. The summed E-state index contributed by atoms with van der Waals surface area (Å²) in [4.78, 5) is 24.3. The summed E-state index contributed by atoms with van der Waals surface area (Å²) in [5, 5.41) is 25.4. The number of anilines is 2. The lowest BCUT2D eigenvalue weighted by Crippen LogP contribution is -3.00. The molecule has 0 saturated heterocycles. The lowest BCUT2D eigenvalue weighted by atomic mass is 10.3. The number of amides is 2. The molecular weight excluding hydrogens is 455 g/mol. The third-order valence-corrected chi connectivity index (χ3v) is 4.33. The van der Waals surface area contributed by atoms with Crippen molar-refractivity contribution in [1.82, 2.24) is 4.57 Å². The predicted octanol–water partition coefficient (Wildman–Crippen LogP) is -0.225. The summed E-state index contributed by atoms with van der Waals surface area (Å²) in [5.74, 6) is -0.935. The Bertz CT molecular complexity index is 990. The van der Waals surface area contributed by atoms with E-state index in [1.165, 1.54) is 36.4 Å². The molecule has 0 spiro atoms. The van der Waals surface area contributed by atoms with E-state index < -0.39 is 0 Å². The van der Waals surface area contributed by atoms with Gasteiger partial charge in [-0.3, -0.25) is 9.59 Å². The fourth-order valence-corrected chi connectivity index (χ4v) is 2.90. The van der Waals surface area contributed by atoms with Crippen LogP contribution in [0.3, 0.4) is 0 Å². The van der Waals surface area contributed by atoms with Crippen LogP contribution in [0.1, 0.15) is 0 Å². The van der Waals surface area contributed by atoms with Gasteiger partial charge < -0.3 is 33.3 Å². The number of hydrogen-bond donors (Lipinski definition) is 4. The molecule has 0 bridgehead atoms. The molecule has 0 fully saturated rings. The van der Waals surface area contributed by atoms with Crippen molar-refractivity contribution in [3.63, 3.8) is 0 Å². The van der Waals surface area contributed by atoms with Gasteiger partial charge in [-0.25, -0.2) is 9.13 Å². The molecule has 0 aliphatic heterocycles. The second-order valence-corrected chi connectivity index (χ2v) is 7.05. The van der Waals surface area contributed by atoms with Gasteiger partial charge in [0, 0.05) is 10.0 Å². The van der Waals surface area contributed by atoms with E-state index in [-0.39, 0.29) is 60.2 Å². The first-order valence-corrected chi connectivity index (χ1v) is 9.17. The van der Waals surface area contributed by atoms with E-state index >= 15 is 0 Å². The van der Waals surface area contributed by atoms with E-state index in [9.17, 15) is 19.8 Å². The molecular formula is C19H17Cl3N4O4. The van der Waals surface area contributed by atoms with Crippen molar-refractivity contribution < 1.29 is 36.8 Å². The van der Waals surface area contributed by atoms with E-state index in [2.05, 4.69) is 10.6 Å². The molecule has 0 saturated carbocycles. The minimum Gasteiger partial charge on any atom is -1.00 e. The van der Waals surface area contributed by atoms with Crippen molar-refractivity contribution >= 4 is 46.4 Å². The third-order valence-electron chi connectivity index (χ3n) is 3.86. The second-order valence-electron chi connectivity index (χ2n) is 6.18. The first-order chi connectivity index (χ1) is 13.8. The fraction of sp³-hybridized carbons (Fsp3) is 0.105. The smallest absolute Gasteiger partial charge is 0.266 e. The number of halogens is 3. The molecule has 0 aliphatic carbocycles. The van der Waals surface area contributed by atoms with Crippen LogP contribution in [0.5, 0.6) is 11.5 Å². The van der Waals surface area contributed by atoms with Gasteiger partial charge in [0.1, 0.15) is 23.9 Å². The Labute approximate surface area is 188 Å². The van der Waals surface area contributed by atoms with Gasteiger partial charge in [-0.1, -0.05) is 23.2 Å². The number of carbonyl (C=O) groups is 2. The minimum atomic E-state index is -0.376. The van der Waals surface area contributed by atoms with E-state index in [0.29, 0.717) is 10.0 Å². The normalized spacial score (nSPS) is 10.2. The Hall–Kier alpha value is -2.94. The van der Waals surface area contributed by atoms with E-state index in [1.807, 2.05) is 0 Å². The first-order valence-electron chi connectivity index (χ1n) is 8.42. The summed E-state index contributed by atoms with van der Waals surface area (Å²) in [6, 6.07) is 8.68. The number of aromatic hydroxyl groups is 2. The standard InChI is InChI=1S/C19H16Cl2N4O4.ClH/c20-12-1-3-16(26)14(7-12)22-18(28)9-24-5-6-25(11-24)10-19(29)23-15-8-13(21)2-4-17(15)27;/h1-8,11H,9-10H2,(H3-,22,23,26,27,28,29);1H. The Morgan fingerprint density at radius 2 is 1.47 bits per heavy atom. The molecule has 4 N–H and O–H groups in total. The zero-order chi connectivity index (χ0) is 21.0. The molecule has 3 aromatic rings. The fourth-order valence-electron chi connectivity index (χ4n) is 2.55. The molecule has 0 aliphatic rings. The average Bonchev–Trinajstić information content (AvgIpc) is 3.07. The summed E-state index contributed by atoms with van der Waals surface area (Å²) in [7, 11) is 0. The summed E-state index contributed by atoms with van der Waals surface area (Å²) < 4.78 is 3.14. The number of phenols is 2. The average molecular weight is 472 g/mol. The van der Waals surface area contributed by atoms with Crippen molar-refractivity contribution in [1.29, 1.82) is 0 Å². The highest BCUT2D eigenvalue weighted by Gasteiger charge is 2.14. The number of rotatable bonds is 6. The Kier molecular flexibility index (Phi) is 7.93. The maximum absolute atomic E-state index is 12.2. The Morgan fingerprint density at radius 1 is 0.933 bits per heavy atom. The number of phenolic OH excluding ortho intramolecular Hbond substituents is 2. The number of benzene rings is 2. The van der Waals surface area contributed by atoms with Gasteiger partial charge in [0.15, 0.2) is 13.1 Å². The lowest BCUT2D eigenvalue weighted by Gasteiger charge is -2.07. The van der Waals surface area contributed by atoms with Crippen molar-refractivity contribution in [3.8, 4) is 11.5 Å². The third kappa shape index (κ3) is 6.28. The van der Waals surface area contributed by atoms with Crippen molar-refractivity contribution in [2.75, 3.05) is 10.6 Å². The Morgan fingerprint density at radius 3 is 2.03 bits per heavy atom. The molecule has 11 heteroatoms. The number of nitrogens with one attached hydrogen (secondary N) is 2. The van der Waals surface area contributed by atoms with Gasteiger partial charge in [-0.2, -0.15) is 0 Å². The molecule has 158 valence electrons. The van der Waals surface area contributed by atoms with Crippen molar-refractivity contribution in [3.05, 3.63) is 65.2 Å². The number of nitrogens with zero attached hydrogens (tertiary/aromatic N) is 2. The van der Waals surface area contributed by atoms with Gasteiger partial charge in [0.2, 0.25) is 6.33 Å². The first kappa shape index (κ1) is 23.3. The molecule has 2 aromatic carbocycles.